The molecule has 0 saturated carbocycles. The second-order valence-electron chi connectivity index (χ2n) is 2.14. The molecule has 2 heteroatoms. The lowest BCUT2D eigenvalue weighted by atomic mass is 10.2. The molecule has 0 bridgehead atoms. The van der Waals surface area contributed by atoms with Crippen molar-refractivity contribution in [1.82, 2.24) is 6.15 Å². The molecule has 4 N–H and O–H groups in total. The van der Waals surface area contributed by atoms with Gasteiger partial charge in [-0.3, -0.25) is 0 Å². The molecule has 0 heterocycles. The Morgan fingerprint density at radius 3 is 2.10 bits per heavy atom. The van der Waals surface area contributed by atoms with E-state index in [9.17, 15) is 0 Å². The van der Waals surface area contributed by atoms with Crippen molar-refractivity contribution in [1.29, 1.82) is 0 Å². The molecule has 0 aliphatic carbocycles. The fourth-order valence-electron chi connectivity index (χ4n) is 0.693. The fourth-order valence-corrected chi connectivity index (χ4v) is 0.693. The molecule has 0 radical (unpaired) electrons. The highest BCUT2D eigenvalue weighted by Crippen LogP contribution is 2.01. The van der Waals surface area contributed by atoms with E-state index in [0.717, 1.165) is 5.56 Å². The van der Waals surface area contributed by atoms with Gasteiger partial charge in [-0.25, -0.2) is 0 Å². The SMILES string of the molecule is Cc1ccc(CO)cc1.N. The van der Waals surface area contributed by atoms with E-state index in [0.29, 0.717) is 0 Å². The smallest absolute Gasteiger partial charge is 0.0681 e. The third kappa shape index (κ3) is 2.17. The Morgan fingerprint density at radius 1 is 1.20 bits per heavy atom. The van der Waals surface area contributed by atoms with Gasteiger partial charge in [0.05, 0.1) is 6.61 Å². The summed E-state index contributed by atoms with van der Waals surface area (Å²) in [6, 6.07) is 7.84. The quantitative estimate of drug-likeness (QED) is 0.621. The van der Waals surface area contributed by atoms with Gasteiger partial charge >= 0.3 is 0 Å². The number of benzene rings is 1. The second-order valence-corrected chi connectivity index (χ2v) is 2.14. The molecule has 0 unspecified atom stereocenters. The summed E-state index contributed by atoms with van der Waals surface area (Å²) in [5.74, 6) is 0. The lowest BCUT2D eigenvalue weighted by Gasteiger charge is -1.93. The Morgan fingerprint density at radius 2 is 1.70 bits per heavy atom. The van der Waals surface area contributed by atoms with Crippen LogP contribution >= 0.6 is 0 Å². The van der Waals surface area contributed by atoms with Crippen LogP contribution in [-0.2, 0) is 6.61 Å². The molecule has 0 fully saturated rings. The van der Waals surface area contributed by atoms with Crippen molar-refractivity contribution in [3.63, 3.8) is 0 Å². The Balaban J connectivity index is 0.000000810. The monoisotopic (exact) mass is 139 g/mol. The molecular weight excluding hydrogens is 126 g/mol. The highest BCUT2D eigenvalue weighted by atomic mass is 16.3. The minimum absolute atomic E-state index is 0. The lowest BCUT2D eigenvalue weighted by molar-refractivity contribution is 0.282. The zero-order valence-electron chi connectivity index (χ0n) is 6.17. The van der Waals surface area contributed by atoms with Crippen molar-refractivity contribution in [2.45, 2.75) is 13.5 Å². The number of aliphatic hydroxyl groups excluding tert-OH is 1. The first-order valence-corrected chi connectivity index (χ1v) is 2.99. The standard InChI is InChI=1S/C8H10O.H3N/c1-7-2-4-8(6-9)5-3-7;/h2-5,9H,6H2,1H3;1H3. The van der Waals surface area contributed by atoms with Crippen LogP contribution in [0, 0.1) is 6.92 Å². The summed E-state index contributed by atoms with van der Waals surface area (Å²) in [6.45, 7) is 2.17. The van der Waals surface area contributed by atoms with Crippen LogP contribution in [0.5, 0.6) is 0 Å². The van der Waals surface area contributed by atoms with Gasteiger partial charge in [-0.1, -0.05) is 29.8 Å². The summed E-state index contributed by atoms with van der Waals surface area (Å²) < 4.78 is 0. The summed E-state index contributed by atoms with van der Waals surface area (Å²) in [4.78, 5) is 0. The maximum absolute atomic E-state index is 8.63. The van der Waals surface area contributed by atoms with Gasteiger partial charge in [0.2, 0.25) is 0 Å². The van der Waals surface area contributed by atoms with Crippen molar-refractivity contribution in [2.75, 3.05) is 0 Å². The van der Waals surface area contributed by atoms with Gasteiger partial charge in [0.15, 0.2) is 0 Å². The maximum atomic E-state index is 8.63. The minimum Gasteiger partial charge on any atom is -0.392 e. The van der Waals surface area contributed by atoms with E-state index >= 15 is 0 Å². The van der Waals surface area contributed by atoms with Crippen molar-refractivity contribution in [3.8, 4) is 0 Å². The number of hydrogen-bond donors (Lipinski definition) is 2. The summed E-state index contributed by atoms with van der Waals surface area (Å²) in [7, 11) is 0. The van der Waals surface area contributed by atoms with Crippen LogP contribution in [0.1, 0.15) is 11.1 Å². The zero-order chi connectivity index (χ0) is 6.69. The van der Waals surface area contributed by atoms with Gasteiger partial charge in [-0.05, 0) is 12.5 Å². The Hall–Kier alpha value is -0.860. The lowest BCUT2D eigenvalue weighted by Crippen LogP contribution is -1.80. The van der Waals surface area contributed by atoms with Gasteiger partial charge in [0.1, 0.15) is 0 Å². The first-order chi connectivity index (χ1) is 4.33. The molecule has 1 rings (SSSR count). The van der Waals surface area contributed by atoms with E-state index < -0.39 is 0 Å². The normalized spacial score (nSPS) is 8.60. The van der Waals surface area contributed by atoms with E-state index in [-0.39, 0.29) is 12.8 Å². The molecule has 0 aliphatic heterocycles. The highest BCUT2D eigenvalue weighted by Gasteiger charge is 1.85. The number of hydrogen-bond acceptors (Lipinski definition) is 2. The number of rotatable bonds is 1. The van der Waals surface area contributed by atoms with Crippen molar-refractivity contribution >= 4 is 0 Å². The zero-order valence-corrected chi connectivity index (χ0v) is 6.17. The van der Waals surface area contributed by atoms with E-state index in [2.05, 4.69) is 0 Å². The molecular formula is C8H13NO. The molecule has 2 nitrogen and oxygen atoms in total. The third-order valence-corrected chi connectivity index (χ3v) is 1.30. The van der Waals surface area contributed by atoms with Gasteiger partial charge in [0.25, 0.3) is 0 Å². The van der Waals surface area contributed by atoms with Gasteiger partial charge in [-0.15, -0.1) is 0 Å². The van der Waals surface area contributed by atoms with Gasteiger partial charge < -0.3 is 11.3 Å². The third-order valence-electron chi connectivity index (χ3n) is 1.30. The summed E-state index contributed by atoms with van der Waals surface area (Å²) in [5.41, 5.74) is 2.20. The molecule has 1 aromatic rings. The first-order valence-electron chi connectivity index (χ1n) is 2.99. The topological polar surface area (TPSA) is 55.2 Å². The molecule has 10 heavy (non-hydrogen) atoms. The average molecular weight is 139 g/mol. The Bertz CT molecular complexity index is 181. The predicted octanol–water partition coefficient (Wildman–Crippen LogP) is 1.65. The van der Waals surface area contributed by atoms with Crippen LogP contribution in [0.4, 0.5) is 0 Å². The molecule has 56 valence electrons. The summed E-state index contributed by atoms with van der Waals surface area (Å²) in [5, 5.41) is 8.63. The average Bonchev–Trinajstić information content (AvgIpc) is 1.90. The van der Waals surface area contributed by atoms with Gasteiger partial charge in [-0.2, -0.15) is 0 Å². The highest BCUT2D eigenvalue weighted by molar-refractivity contribution is 5.20. The fraction of sp³-hybridized carbons (Fsp3) is 0.250. The largest absolute Gasteiger partial charge is 0.392 e. The first kappa shape index (κ1) is 9.14. The summed E-state index contributed by atoms with van der Waals surface area (Å²) >= 11 is 0. The van der Waals surface area contributed by atoms with E-state index in [4.69, 9.17) is 5.11 Å². The molecule has 0 atom stereocenters. The molecule has 0 aromatic heterocycles. The summed E-state index contributed by atoms with van der Waals surface area (Å²) in [6.07, 6.45) is 0. The van der Waals surface area contributed by atoms with E-state index in [1.54, 1.807) is 0 Å². The van der Waals surface area contributed by atoms with Gasteiger partial charge in [0, 0.05) is 0 Å². The van der Waals surface area contributed by atoms with Crippen molar-refractivity contribution < 1.29 is 5.11 Å². The molecule has 0 amide bonds. The maximum Gasteiger partial charge on any atom is 0.0681 e. The molecule has 0 saturated heterocycles. The molecule has 0 aliphatic rings. The van der Waals surface area contributed by atoms with E-state index in [1.807, 2.05) is 31.2 Å². The second kappa shape index (κ2) is 4.04. The molecule has 0 spiro atoms. The Kier molecular flexibility index (Phi) is 3.69. The minimum atomic E-state index is 0. The van der Waals surface area contributed by atoms with Crippen LogP contribution in [0.3, 0.4) is 0 Å². The van der Waals surface area contributed by atoms with Crippen LogP contribution in [0.2, 0.25) is 0 Å². The number of aliphatic hydroxyl groups is 1. The van der Waals surface area contributed by atoms with Crippen LogP contribution in [0.15, 0.2) is 24.3 Å². The Labute approximate surface area is 61.1 Å². The van der Waals surface area contributed by atoms with Crippen LogP contribution in [0.25, 0.3) is 0 Å². The predicted molar refractivity (Wildman–Crippen MR) is 42.1 cm³/mol. The molecule has 1 aromatic carbocycles. The number of aryl methyl sites for hydroxylation is 1. The van der Waals surface area contributed by atoms with E-state index in [1.165, 1.54) is 5.56 Å². The van der Waals surface area contributed by atoms with Crippen LogP contribution in [-0.4, -0.2) is 5.11 Å². The van der Waals surface area contributed by atoms with Crippen LogP contribution < -0.4 is 6.15 Å². The van der Waals surface area contributed by atoms with Crippen molar-refractivity contribution in [2.24, 2.45) is 0 Å². The van der Waals surface area contributed by atoms with Crippen molar-refractivity contribution in [3.05, 3.63) is 35.4 Å².